The Bertz CT molecular complexity index is 517. The maximum absolute atomic E-state index is 12.3. The summed E-state index contributed by atoms with van der Waals surface area (Å²) in [6, 6.07) is 5.92. The Morgan fingerprint density at radius 2 is 2.05 bits per heavy atom. The molecule has 2 fully saturated rings. The van der Waals surface area contributed by atoms with Gasteiger partial charge < -0.3 is 9.47 Å². The van der Waals surface area contributed by atoms with Crippen molar-refractivity contribution in [3.05, 3.63) is 29.3 Å². The molecular weight excluding hydrogens is 266 g/mol. The summed E-state index contributed by atoms with van der Waals surface area (Å²) in [5.74, 6) is 0.541. The molecule has 0 aromatic heterocycles. The van der Waals surface area contributed by atoms with Gasteiger partial charge in [-0.3, -0.25) is 9.69 Å². The Morgan fingerprint density at radius 3 is 2.67 bits per heavy atom. The van der Waals surface area contributed by atoms with Gasteiger partial charge in [-0.25, -0.2) is 0 Å². The minimum atomic E-state index is -0.166. The van der Waals surface area contributed by atoms with E-state index in [4.69, 9.17) is 9.47 Å². The minimum Gasteiger partial charge on any atom is -0.425 e. The molecule has 1 aromatic rings. The fourth-order valence-electron chi connectivity index (χ4n) is 3.32. The lowest BCUT2D eigenvalue weighted by Crippen LogP contribution is -2.62. The third-order valence-corrected chi connectivity index (χ3v) is 4.78. The van der Waals surface area contributed by atoms with E-state index in [2.05, 4.69) is 4.90 Å². The molecule has 1 aliphatic carbocycles. The SMILES string of the molecule is Cc1cccc(C)c1OC(=O)CN1CCOCC12CCC2. The molecule has 0 amide bonds. The average Bonchev–Trinajstić information content (AvgIpc) is 2.42. The average molecular weight is 289 g/mol. The smallest absolute Gasteiger partial charge is 0.325 e. The van der Waals surface area contributed by atoms with E-state index in [1.807, 2.05) is 32.0 Å². The Balaban J connectivity index is 1.66. The van der Waals surface area contributed by atoms with E-state index in [1.165, 1.54) is 6.42 Å². The fourth-order valence-corrected chi connectivity index (χ4v) is 3.32. The van der Waals surface area contributed by atoms with Crippen LogP contribution in [0.5, 0.6) is 5.75 Å². The van der Waals surface area contributed by atoms with Crippen molar-refractivity contribution in [2.45, 2.75) is 38.6 Å². The van der Waals surface area contributed by atoms with Crippen LogP contribution in [0.25, 0.3) is 0 Å². The summed E-state index contributed by atoms with van der Waals surface area (Å²) in [6.45, 7) is 6.58. The molecule has 0 bridgehead atoms. The van der Waals surface area contributed by atoms with Gasteiger partial charge in [-0.05, 0) is 44.2 Å². The summed E-state index contributed by atoms with van der Waals surface area (Å²) < 4.78 is 11.2. The molecule has 1 saturated carbocycles. The van der Waals surface area contributed by atoms with Crippen LogP contribution in [-0.2, 0) is 9.53 Å². The summed E-state index contributed by atoms with van der Waals surface area (Å²) in [6.07, 6.45) is 3.49. The molecule has 4 heteroatoms. The second kappa shape index (κ2) is 5.78. The summed E-state index contributed by atoms with van der Waals surface area (Å²) in [4.78, 5) is 14.6. The zero-order chi connectivity index (χ0) is 14.9. The van der Waals surface area contributed by atoms with Gasteiger partial charge in [0, 0.05) is 12.1 Å². The lowest BCUT2D eigenvalue weighted by molar-refractivity contribution is -0.147. The number of nitrogens with zero attached hydrogens (tertiary/aromatic N) is 1. The van der Waals surface area contributed by atoms with Crippen LogP contribution in [-0.4, -0.2) is 42.7 Å². The number of morpholine rings is 1. The van der Waals surface area contributed by atoms with Gasteiger partial charge in [0.1, 0.15) is 5.75 Å². The summed E-state index contributed by atoms with van der Waals surface area (Å²) in [7, 11) is 0. The Morgan fingerprint density at radius 1 is 1.33 bits per heavy atom. The van der Waals surface area contributed by atoms with E-state index < -0.39 is 0 Å². The Hall–Kier alpha value is -1.39. The van der Waals surface area contributed by atoms with Gasteiger partial charge in [0.05, 0.1) is 19.8 Å². The van der Waals surface area contributed by atoms with Gasteiger partial charge in [0.2, 0.25) is 0 Å². The number of benzene rings is 1. The summed E-state index contributed by atoms with van der Waals surface area (Å²) in [5, 5.41) is 0. The molecule has 4 nitrogen and oxygen atoms in total. The number of aryl methyl sites for hydroxylation is 2. The van der Waals surface area contributed by atoms with Crippen LogP contribution in [0.4, 0.5) is 0 Å². The third kappa shape index (κ3) is 2.83. The molecule has 1 heterocycles. The Kier molecular flexibility index (Phi) is 4.00. The fraction of sp³-hybridized carbons (Fsp3) is 0.588. The molecular formula is C17H23NO3. The van der Waals surface area contributed by atoms with E-state index in [9.17, 15) is 4.79 Å². The van der Waals surface area contributed by atoms with Gasteiger partial charge in [-0.15, -0.1) is 0 Å². The van der Waals surface area contributed by atoms with Gasteiger partial charge in [0.25, 0.3) is 0 Å². The summed E-state index contributed by atoms with van der Waals surface area (Å²) in [5.41, 5.74) is 2.10. The normalized spacial score (nSPS) is 21.0. The molecule has 0 unspecified atom stereocenters. The molecule has 0 radical (unpaired) electrons. The van der Waals surface area contributed by atoms with Crippen LogP contribution < -0.4 is 4.74 Å². The maximum Gasteiger partial charge on any atom is 0.325 e. The highest BCUT2D eigenvalue weighted by Crippen LogP contribution is 2.39. The number of ether oxygens (including phenoxy) is 2. The number of esters is 1. The van der Waals surface area contributed by atoms with Crippen LogP contribution in [0, 0.1) is 13.8 Å². The first-order valence-corrected chi connectivity index (χ1v) is 7.70. The van der Waals surface area contributed by atoms with Crippen molar-refractivity contribution in [3.63, 3.8) is 0 Å². The summed E-state index contributed by atoms with van der Waals surface area (Å²) >= 11 is 0. The van der Waals surface area contributed by atoms with Crippen molar-refractivity contribution in [3.8, 4) is 5.75 Å². The number of carbonyl (C=O) groups is 1. The van der Waals surface area contributed by atoms with Crippen molar-refractivity contribution in [2.75, 3.05) is 26.3 Å². The first-order chi connectivity index (χ1) is 10.1. The number of carbonyl (C=O) groups excluding carboxylic acids is 1. The van der Waals surface area contributed by atoms with Crippen molar-refractivity contribution < 1.29 is 14.3 Å². The van der Waals surface area contributed by atoms with Crippen molar-refractivity contribution in [2.24, 2.45) is 0 Å². The van der Waals surface area contributed by atoms with Crippen molar-refractivity contribution in [1.82, 2.24) is 4.90 Å². The molecule has 0 N–H and O–H groups in total. The van der Waals surface area contributed by atoms with E-state index in [-0.39, 0.29) is 11.5 Å². The molecule has 1 aromatic carbocycles. The minimum absolute atomic E-state index is 0.0953. The van der Waals surface area contributed by atoms with Crippen LogP contribution in [0.2, 0.25) is 0 Å². The second-order valence-corrected chi connectivity index (χ2v) is 6.25. The monoisotopic (exact) mass is 289 g/mol. The highest BCUT2D eigenvalue weighted by atomic mass is 16.5. The lowest BCUT2D eigenvalue weighted by atomic mass is 9.75. The molecule has 0 atom stereocenters. The number of hydrogen-bond acceptors (Lipinski definition) is 4. The van der Waals surface area contributed by atoms with Gasteiger partial charge in [-0.2, -0.15) is 0 Å². The van der Waals surface area contributed by atoms with Crippen LogP contribution in [0.1, 0.15) is 30.4 Å². The topological polar surface area (TPSA) is 38.8 Å². The third-order valence-electron chi connectivity index (χ3n) is 4.78. The quantitative estimate of drug-likeness (QED) is 0.633. The van der Waals surface area contributed by atoms with Gasteiger partial charge in [0.15, 0.2) is 0 Å². The number of hydrogen-bond donors (Lipinski definition) is 0. The van der Waals surface area contributed by atoms with E-state index in [1.54, 1.807) is 0 Å². The predicted molar refractivity (Wildman–Crippen MR) is 80.5 cm³/mol. The largest absolute Gasteiger partial charge is 0.425 e. The first-order valence-electron chi connectivity index (χ1n) is 7.70. The van der Waals surface area contributed by atoms with Crippen molar-refractivity contribution >= 4 is 5.97 Å². The van der Waals surface area contributed by atoms with E-state index >= 15 is 0 Å². The maximum atomic E-state index is 12.3. The molecule has 1 saturated heterocycles. The zero-order valence-corrected chi connectivity index (χ0v) is 12.9. The molecule has 21 heavy (non-hydrogen) atoms. The van der Waals surface area contributed by atoms with Gasteiger partial charge in [-0.1, -0.05) is 18.2 Å². The van der Waals surface area contributed by atoms with Crippen LogP contribution in [0.15, 0.2) is 18.2 Å². The second-order valence-electron chi connectivity index (χ2n) is 6.25. The predicted octanol–water partition coefficient (Wildman–Crippen LogP) is 2.46. The van der Waals surface area contributed by atoms with E-state index in [0.717, 1.165) is 37.1 Å². The molecule has 114 valence electrons. The van der Waals surface area contributed by atoms with Gasteiger partial charge >= 0.3 is 5.97 Å². The van der Waals surface area contributed by atoms with Crippen LogP contribution in [0.3, 0.4) is 0 Å². The molecule has 2 aliphatic rings. The highest BCUT2D eigenvalue weighted by molar-refractivity contribution is 5.75. The molecule has 1 spiro atoms. The highest BCUT2D eigenvalue weighted by Gasteiger charge is 2.45. The van der Waals surface area contributed by atoms with Crippen LogP contribution >= 0.6 is 0 Å². The standard InChI is InChI=1S/C17H23NO3/c1-13-5-3-6-14(2)16(13)21-15(19)11-18-9-10-20-12-17(18)7-4-8-17/h3,5-6H,4,7-12H2,1-2H3. The number of rotatable bonds is 3. The van der Waals surface area contributed by atoms with Crippen molar-refractivity contribution in [1.29, 1.82) is 0 Å². The lowest BCUT2D eigenvalue weighted by Gasteiger charge is -2.52. The first kappa shape index (κ1) is 14.5. The number of para-hydroxylation sites is 1. The zero-order valence-electron chi connectivity index (χ0n) is 12.9. The van der Waals surface area contributed by atoms with E-state index in [0.29, 0.717) is 18.9 Å². The molecule has 1 aliphatic heterocycles. The Labute approximate surface area is 126 Å². The molecule has 3 rings (SSSR count).